The van der Waals surface area contributed by atoms with E-state index in [9.17, 15) is 10.1 Å². The lowest BCUT2D eigenvalue weighted by Crippen LogP contribution is -2.49. The average Bonchev–Trinajstić information content (AvgIpc) is 3.20. The topological polar surface area (TPSA) is 98.0 Å². The number of pyridine rings is 1. The zero-order valence-electron chi connectivity index (χ0n) is 14.8. The van der Waals surface area contributed by atoms with Gasteiger partial charge in [-0.15, -0.1) is 10.2 Å². The predicted molar refractivity (Wildman–Crippen MR) is 109 cm³/mol. The fourth-order valence-electron chi connectivity index (χ4n) is 3.16. The molecule has 0 spiro atoms. The normalized spacial score (nSPS) is 14.8. The molecule has 1 aromatic carbocycles. The van der Waals surface area contributed by atoms with Crippen LogP contribution in [0.5, 0.6) is 0 Å². The van der Waals surface area contributed by atoms with Gasteiger partial charge in [0.15, 0.2) is 0 Å². The van der Waals surface area contributed by atoms with Crippen molar-refractivity contribution in [1.29, 1.82) is 5.26 Å². The van der Waals surface area contributed by atoms with Crippen LogP contribution in [0.3, 0.4) is 0 Å². The predicted octanol–water partition coefficient (Wildman–Crippen LogP) is 2.37. The molecule has 3 heterocycles. The zero-order chi connectivity index (χ0) is 19.5. The number of benzene rings is 1. The SMILES string of the molecule is N#Cc1cc(N2CCN(CC(=O)Nc3nncs3)CC2)nc2ccc(Cl)cc12. The van der Waals surface area contributed by atoms with E-state index in [0.29, 0.717) is 22.3 Å². The summed E-state index contributed by atoms with van der Waals surface area (Å²) in [6.45, 7) is 3.21. The Kier molecular flexibility index (Phi) is 5.34. The van der Waals surface area contributed by atoms with Crippen LogP contribution in [-0.4, -0.2) is 58.7 Å². The van der Waals surface area contributed by atoms with Crippen LogP contribution in [0, 0.1) is 11.3 Å². The number of hydrogen-bond donors (Lipinski definition) is 1. The number of hydrogen-bond acceptors (Lipinski definition) is 8. The molecule has 142 valence electrons. The van der Waals surface area contributed by atoms with E-state index in [2.05, 4.69) is 36.4 Å². The Morgan fingerprint density at radius 1 is 1.29 bits per heavy atom. The molecule has 1 fully saturated rings. The molecular formula is C18H16ClN7OS. The van der Waals surface area contributed by atoms with Crippen molar-refractivity contribution in [2.75, 3.05) is 42.9 Å². The van der Waals surface area contributed by atoms with E-state index in [1.807, 2.05) is 6.07 Å². The molecule has 4 rings (SSSR count). The highest BCUT2D eigenvalue weighted by atomic mass is 35.5. The van der Waals surface area contributed by atoms with Crippen LogP contribution in [0.15, 0.2) is 29.8 Å². The van der Waals surface area contributed by atoms with Crippen molar-refractivity contribution in [2.45, 2.75) is 0 Å². The molecule has 0 atom stereocenters. The molecule has 0 aliphatic carbocycles. The Morgan fingerprint density at radius 2 is 2.11 bits per heavy atom. The van der Waals surface area contributed by atoms with Gasteiger partial charge < -0.3 is 4.90 Å². The van der Waals surface area contributed by atoms with Gasteiger partial charge in [-0.1, -0.05) is 22.9 Å². The van der Waals surface area contributed by atoms with Crippen LogP contribution in [0.4, 0.5) is 10.9 Å². The maximum absolute atomic E-state index is 12.1. The minimum atomic E-state index is -0.0994. The summed E-state index contributed by atoms with van der Waals surface area (Å²) in [5.41, 5.74) is 2.88. The highest BCUT2D eigenvalue weighted by molar-refractivity contribution is 7.13. The smallest absolute Gasteiger partial charge is 0.240 e. The summed E-state index contributed by atoms with van der Waals surface area (Å²) < 4.78 is 0. The second kappa shape index (κ2) is 8.06. The Labute approximate surface area is 170 Å². The van der Waals surface area contributed by atoms with E-state index < -0.39 is 0 Å². The third kappa shape index (κ3) is 4.04. The van der Waals surface area contributed by atoms with Crippen LogP contribution in [0.25, 0.3) is 10.9 Å². The molecule has 2 aromatic heterocycles. The number of amides is 1. The van der Waals surface area contributed by atoms with Crippen molar-refractivity contribution in [2.24, 2.45) is 0 Å². The summed E-state index contributed by atoms with van der Waals surface area (Å²) in [7, 11) is 0. The summed E-state index contributed by atoms with van der Waals surface area (Å²) in [6.07, 6.45) is 0. The van der Waals surface area contributed by atoms with Crippen LogP contribution in [0.2, 0.25) is 5.02 Å². The van der Waals surface area contributed by atoms with Crippen molar-refractivity contribution in [3.05, 3.63) is 40.4 Å². The Hall–Kier alpha value is -2.80. The number of carbonyl (C=O) groups excluding carboxylic acids is 1. The van der Waals surface area contributed by atoms with Gasteiger partial charge in [0, 0.05) is 36.6 Å². The van der Waals surface area contributed by atoms with Crippen molar-refractivity contribution in [3.63, 3.8) is 0 Å². The third-order valence-electron chi connectivity index (χ3n) is 4.55. The van der Waals surface area contributed by atoms with Crippen LogP contribution >= 0.6 is 22.9 Å². The fraction of sp³-hybridized carbons (Fsp3) is 0.278. The summed E-state index contributed by atoms with van der Waals surface area (Å²) in [4.78, 5) is 21.0. The monoisotopic (exact) mass is 413 g/mol. The number of fused-ring (bicyclic) bond motifs is 1. The molecule has 3 aromatic rings. The quantitative estimate of drug-likeness (QED) is 0.701. The van der Waals surface area contributed by atoms with Crippen molar-refractivity contribution >= 4 is 50.7 Å². The lowest BCUT2D eigenvalue weighted by Gasteiger charge is -2.35. The highest BCUT2D eigenvalue weighted by Crippen LogP contribution is 2.26. The van der Waals surface area contributed by atoms with Crippen molar-refractivity contribution in [1.82, 2.24) is 20.1 Å². The molecule has 0 bridgehead atoms. The van der Waals surface area contributed by atoms with E-state index in [-0.39, 0.29) is 5.91 Å². The largest absolute Gasteiger partial charge is 0.354 e. The molecule has 1 aliphatic rings. The van der Waals surface area contributed by atoms with Gasteiger partial charge in [0.25, 0.3) is 0 Å². The molecular weight excluding hydrogens is 398 g/mol. The molecule has 0 saturated carbocycles. The number of aromatic nitrogens is 3. The first-order chi connectivity index (χ1) is 13.6. The molecule has 1 saturated heterocycles. The van der Waals surface area contributed by atoms with Gasteiger partial charge in [0.05, 0.1) is 23.7 Å². The van der Waals surface area contributed by atoms with Crippen LogP contribution < -0.4 is 10.2 Å². The molecule has 1 aliphatic heterocycles. The average molecular weight is 414 g/mol. The Morgan fingerprint density at radius 3 is 2.82 bits per heavy atom. The number of rotatable bonds is 4. The Bertz CT molecular complexity index is 1040. The number of nitriles is 1. The van der Waals surface area contributed by atoms with Crippen LogP contribution in [0.1, 0.15) is 5.56 Å². The summed E-state index contributed by atoms with van der Waals surface area (Å²) >= 11 is 7.34. The van der Waals surface area contributed by atoms with Crippen molar-refractivity contribution < 1.29 is 4.79 Å². The third-order valence-corrected chi connectivity index (χ3v) is 5.39. The number of nitrogens with zero attached hydrogens (tertiary/aromatic N) is 6. The van der Waals surface area contributed by atoms with E-state index in [4.69, 9.17) is 11.6 Å². The summed E-state index contributed by atoms with van der Waals surface area (Å²) in [6, 6.07) is 9.40. The standard InChI is InChI=1S/C18H16ClN7OS/c19-13-1-2-15-14(8-13)12(9-20)7-16(22-15)26-5-3-25(4-6-26)10-17(27)23-18-24-21-11-28-18/h1-2,7-8,11H,3-6,10H2,(H,23,24,27). The van der Waals surface area contributed by atoms with Gasteiger partial charge in [0.2, 0.25) is 11.0 Å². The van der Waals surface area contributed by atoms with Gasteiger partial charge >= 0.3 is 0 Å². The lowest BCUT2D eigenvalue weighted by molar-refractivity contribution is -0.117. The van der Waals surface area contributed by atoms with Gasteiger partial charge in [0.1, 0.15) is 11.3 Å². The molecule has 1 N–H and O–H groups in total. The van der Waals surface area contributed by atoms with E-state index in [0.717, 1.165) is 42.9 Å². The highest BCUT2D eigenvalue weighted by Gasteiger charge is 2.21. The first-order valence-corrected chi connectivity index (χ1v) is 9.92. The first-order valence-electron chi connectivity index (χ1n) is 8.66. The number of anilines is 2. The maximum atomic E-state index is 12.1. The van der Waals surface area contributed by atoms with Crippen molar-refractivity contribution in [3.8, 4) is 6.07 Å². The summed E-state index contributed by atoms with van der Waals surface area (Å²) in [5, 5.41) is 21.6. The summed E-state index contributed by atoms with van der Waals surface area (Å²) in [5.74, 6) is 0.669. The molecule has 8 nitrogen and oxygen atoms in total. The number of nitrogens with one attached hydrogen (secondary N) is 1. The second-order valence-corrected chi connectivity index (χ2v) is 7.63. The molecule has 1 amide bonds. The number of halogens is 1. The van der Waals surface area contributed by atoms with E-state index >= 15 is 0 Å². The van der Waals surface area contributed by atoms with E-state index in [1.165, 1.54) is 11.3 Å². The fourth-order valence-corrected chi connectivity index (χ4v) is 3.80. The second-order valence-electron chi connectivity index (χ2n) is 6.36. The molecule has 28 heavy (non-hydrogen) atoms. The molecule has 0 radical (unpaired) electrons. The first kappa shape index (κ1) is 18.6. The maximum Gasteiger partial charge on any atom is 0.240 e. The molecule has 0 unspecified atom stereocenters. The molecule has 10 heteroatoms. The minimum Gasteiger partial charge on any atom is -0.354 e. The zero-order valence-corrected chi connectivity index (χ0v) is 16.4. The van der Waals surface area contributed by atoms with Gasteiger partial charge in [-0.3, -0.25) is 15.0 Å². The number of piperazine rings is 1. The number of carbonyl (C=O) groups is 1. The van der Waals surface area contributed by atoms with Crippen LogP contribution in [-0.2, 0) is 4.79 Å². The van der Waals surface area contributed by atoms with Gasteiger partial charge in [-0.05, 0) is 24.3 Å². The Balaban J connectivity index is 1.41. The minimum absolute atomic E-state index is 0.0994. The lowest BCUT2D eigenvalue weighted by atomic mass is 10.1. The van der Waals surface area contributed by atoms with Gasteiger partial charge in [-0.2, -0.15) is 5.26 Å². The van der Waals surface area contributed by atoms with Gasteiger partial charge in [-0.25, -0.2) is 4.98 Å². The van der Waals surface area contributed by atoms with E-state index in [1.54, 1.807) is 23.7 Å².